The zero-order valence-electron chi connectivity index (χ0n) is 16.8. The Hall–Kier alpha value is -2.84. The number of fused-ring (bicyclic) bond motifs is 1. The van der Waals surface area contributed by atoms with Crippen LogP contribution in [0.2, 0.25) is 5.02 Å². The van der Waals surface area contributed by atoms with Crippen LogP contribution in [0.25, 0.3) is 10.9 Å². The molecule has 2 aromatic carbocycles. The number of aromatic nitrogens is 1. The van der Waals surface area contributed by atoms with Gasteiger partial charge < -0.3 is 16.0 Å². The van der Waals surface area contributed by atoms with Gasteiger partial charge >= 0.3 is 6.18 Å². The van der Waals surface area contributed by atoms with Crippen molar-refractivity contribution in [3.8, 4) is 0 Å². The lowest BCUT2D eigenvalue weighted by molar-refractivity contribution is -0.137. The van der Waals surface area contributed by atoms with Crippen LogP contribution >= 0.6 is 11.6 Å². The molecule has 0 spiro atoms. The fourth-order valence-corrected chi connectivity index (χ4v) is 3.38. The molecule has 5 nitrogen and oxygen atoms in total. The highest BCUT2D eigenvalue weighted by Gasteiger charge is 2.33. The van der Waals surface area contributed by atoms with Gasteiger partial charge in [0.25, 0.3) is 5.91 Å². The van der Waals surface area contributed by atoms with Gasteiger partial charge in [-0.15, -0.1) is 0 Å². The Morgan fingerprint density at radius 1 is 1.10 bits per heavy atom. The molecule has 0 aliphatic rings. The molecule has 164 valence electrons. The maximum absolute atomic E-state index is 12.9. The second-order valence-electron chi connectivity index (χ2n) is 6.92. The van der Waals surface area contributed by atoms with Crippen molar-refractivity contribution in [2.75, 3.05) is 25.5 Å². The summed E-state index contributed by atoms with van der Waals surface area (Å²) in [6, 6.07) is 13.0. The summed E-state index contributed by atoms with van der Waals surface area (Å²) in [7, 11) is 1.58. The molecule has 0 saturated heterocycles. The van der Waals surface area contributed by atoms with Crippen LogP contribution in [0.3, 0.4) is 0 Å². The number of hydrogen-bond acceptors (Lipinski definition) is 4. The van der Waals surface area contributed by atoms with Crippen molar-refractivity contribution >= 4 is 34.2 Å². The fraction of sp³-hybridized carbons (Fsp3) is 0.273. The Labute approximate surface area is 183 Å². The van der Waals surface area contributed by atoms with Crippen LogP contribution in [-0.4, -0.2) is 31.0 Å². The van der Waals surface area contributed by atoms with E-state index in [2.05, 4.69) is 20.9 Å². The normalized spacial score (nSPS) is 11.5. The third-order valence-corrected chi connectivity index (χ3v) is 5.02. The molecule has 0 aliphatic heterocycles. The Kier molecular flexibility index (Phi) is 7.35. The molecule has 0 aliphatic carbocycles. The number of carbonyl (C=O) groups is 1. The van der Waals surface area contributed by atoms with Crippen LogP contribution in [-0.2, 0) is 12.7 Å². The number of hydrogen-bond donors (Lipinski definition) is 3. The summed E-state index contributed by atoms with van der Waals surface area (Å²) in [5.41, 5.74) is 0.935. The average Bonchev–Trinajstić information content (AvgIpc) is 2.75. The van der Waals surface area contributed by atoms with Crippen molar-refractivity contribution < 1.29 is 18.0 Å². The van der Waals surface area contributed by atoms with Crippen LogP contribution in [0.4, 0.5) is 19.0 Å². The van der Waals surface area contributed by atoms with Crippen molar-refractivity contribution in [1.29, 1.82) is 0 Å². The molecule has 0 fully saturated rings. The van der Waals surface area contributed by atoms with Crippen LogP contribution in [0.1, 0.15) is 27.9 Å². The zero-order chi connectivity index (χ0) is 22.4. The van der Waals surface area contributed by atoms with E-state index in [0.717, 1.165) is 11.5 Å². The topological polar surface area (TPSA) is 66.1 Å². The van der Waals surface area contributed by atoms with Gasteiger partial charge in [0.1, 0.15) is 5.82 Å². The lowest BCUT2D eigenvalue weighted by atomic mass is 10.1. The lowest BCUT2D eigenvalue weighted by Gasteiger charge is -2.12. The molecule has 0 bridgehead atoms. The highest BCUT2D eigenvalue weighted by molar-refractivity contribution is 6.31. The molecule has 1 aromatic heterocycles. The van der Waals surface area contributed by atoms with Gasteiger partial charge in [0, 0.05) is 25.5 Å². The second-order valence-corrected chi connectivity index (χ2v) is 7.33. The molecule has 3 rings (SSSR count). The van der Waals surface area contributed by atoms with Crippen molar-refractivity contribution in [3.63, 3.8) is 0 Å². The van der Waals surface area contributed by atoms with E-state index in [1.54, 1.807) is 19.2 Å². The van der Waals surface area contributed by atoms with E-state index in [1.165, 1.54) is 6.07 Å². The van der Waals surface area contributed by atoms with E-state index >= 15 is 0 Å². The highest BCUT2D eigenvalue weighted by Crippen LogP contribution is 2.35. The average molecular weight is 451 g/mol. The number of halogens is 4. The summed E-state index contributed by atoms with van der Waals surface area (Å²) < 4.78 is 38.8. The number of benzene rings is 2. The van der Waals surface area contributed by atoms with E-state index in [-0.39, 0.29) is 10.9 Å². The molecule has 1 amide bonds. The molecule has 0 radical (unpaired) electrons. The summed E-state index contributed by atoms with van der Waals surface area (Å²) in [5.74, 6) is 0.398. The first-order valence-electron chi connectivity index (χ1n) is 9.71. The van der Waals surface area contributed by atoms with E-state index in [9.17, 15) is 18.0 Å². The van der Waals surface area contributed by atoms with Gasteiger partial charge in [-0.05, 0) is 42.8 Å². The number of pyridine rings is 1. The first-order chi connectivity index (χ1) is 14.8. The summed E-state index contributed by atoms with van der Waals surface area (Å²) in [4.78, 5) is 16.7. The molecule has 0 saturated carbocycles. The molecular weight excluding hydrogens is 429 g/mol. The largest absolute Gasteiger partial charge is 0.417 e. The molecular formula is C22H22ClF3N4O. The van der Waals surface area contributed by atoms with Gasteiger partial charge in [0.15, 0.2) is 0 Å². The maximum Gasteiger partial charge on any atom is 0.417 e. The molecule has 3 N–H and O–H groups in total. The molecule has 0 atom stereocenters. The van der Waals surface area contributed by atoms with Crippen LogP contribution in [0.15, 0.2) is 48.5 Å². The lowest BCUT2D eigenvalue weighted by Crippen LogP contribution is -2.20. The SMILES string of the molecule is CNC(=O)c1cc(NCCCNCc2ccc(Cl)c(C(F)(F)F)c2)nc2ccccc12. The minimum Gasteiger partial charge on any atom is -0.370 e. The molecule has 1 heterocycles. The predicted octanol–water partition coefficient (Wildman–Crippen LogP) is 4.86. The van der Waals surface area contributed by atoms with Gasteiger partial charge in [0.2, 0.25) is 0 Å². The summed E-state index contributed by atoms with van der Waals surface area (Å²) in [6.45, 7) is 1.47. The summed E-state index contributed by atoms with van der Waals surface area (Å²) in [6.07, 6.45) is -3.76. The first kappa shape index (κ1) is 22.8. The standard InChI is InChI=1S/C22H22ClF3N4O/c1-27-21(31)16-12-20(30-19-6-3-2-5-15(16)19)29-10-4-9-28-13-14-7-8-18(23)17(11-14)22(24,25)26/h2-3,5-8,11-12,28H,4,9-10,13H2,1H3,(H,27,31)(H,29,30). The van der Waals surface area contributed by atoms with Crippen LogP contribution in [0, 0.1) is 0 Å². The fourth-order valence-electron chi connectivity index (χ4n) is 3.15. The molecule has 31 heavy (non-hydrogen) atoms. The third kappa shape index (κ3) is 5.86. The van der Waals surface area contributed by atoms with E-state index in [0.29, 0.717) is 48.5 Å². The predicted molar refractivity (Wildman–Crippen MR) is 116 cm³/mol. The van der Waals surface area contributed by atoms with E-state index in [4.69, 9.17) is 11.6 Å². The number of carbonyl (C=O) groups excluding carboxylic acids is 1. The first-order valence-corrected chi connectivity index (χ1v) is 10.1. The summed E-state index contributed by atoms with van der Waals surface area (Å²) in [5, 5.41) is 9.41. The van der Waals surface area contributed by atoms with Crippen molar-refractivity contribution in [1.82, 2.24) is 15.6 Å². The number of anilines is 1. The maximum atomic E-state index is 12.9. The molecule has 9 heteroatoms. The van der Waals surface area contributed by atoms with Gasteiger partial charge in [0.05, 0.1) is 21.7 Å². The summed E-state index contributed by atoms with van der Waals surface area (Å²) >= 11 is 5.64. The Balaban J connectivity index is 1.53. The van der Waals surface area contributed by atoms with Crippen molar-refractivity contribution in [2.24, 2.45) is 0 Å². The quantitative estimate of drug-likeness (QED) is 0.429. The number of alkyl halides is 3. The Morgan fingerprint density at radius 3 is 2.61 bits per heavy atom. The number of amides is 1. The van der Waals surface area contributed by atoms with Gasteiger partial charge in [-0.2, -0.15) is 13.2 Å². The third-order valence-electron chi connectivity index (χ3n) is 4.69. The second kappa shape index (κ2) is 9.98. The number of nitrogens with zero attached hydrogens (tertiary/aromatic N) is 1. The number of nitrogens with one attached hydrogen (secondary N) is 3. The number of para-hydroxylation sites is 1. The highest BCUT2D eigenvalue weighted by atomic mass is 35.5. The van der Waals surface area contributed by atoms with E-state index < -0.39 is 11.7 Å². The van der Waals surface area contributed by atoms with E-state index in [1.807, 2.05) is 24.3 Å². The Bertz CT molecular complexity index is 1070. The minimum atomic E-state index is -4.47. The van der Waals surface area contributed by atoms with Crippen molar-refractivity contribution in [3.05, 3.63) is 70.2 Å². The minimum absolute atomic E-state index is 0.190. The molecule has 3 aromatic rings. The number of rotatable bonds is 8. The van der Waals surface area contributed by atoms with Crippen LogP contribution in [0.5, 0.6) is 0 Å². The van der Waals surface area contributed by atoms with Gasteiger partial charge in [-0.25, -0.2) is 4.98 Å². The van der Waals surface area contributed by atoms with Gasteiger partial charge in [-0.1, -0.05) is 35.9 Å². The zero-order valence-corrected chi connectivity index (χ0v) is 17.6. The van der Waals surface area contributed by atoms with Crippen LogP contribution < -0.4 is 16.0 Å². The monoisotopic (exact) mass is 450 g/mol. The Morgan fingerprint density at radius 2 is 1.87 bits per heavy atom. The molecule has 0 unspecified atom stereocenters. The van der Waals surface area contributed by atoms with Crippen molar-refractivity contribution in [2.45, 2.75) is 19.1 Å². The smallest absolute Gasteiger partial charge is 0.370 e. The van der Waals surface area contributed by atoms with Gasteiger partial charge in [-0.3, -0.25) is 4.79 Å².